The third-order valence-electron chi connectivity index (χ3n) is 2.48. The van der Waals surface area contributed by atoms with Crippen LogP contribution >= 0.6 is 7.60 Å². The van der Waals surface area contributed by atoms with Gasteiger partial charge in [0.25, 0.3) is 0 Å². The number of nitrogens with zero attached hydrogens (tertiary/aromatic N) is 1. The van der Waals surface area contributed by atoms with E-state index in [-0.39, 0.29) is 11.6 Å². The molecule has 0 aromatic rings. The van der Waals surface area contributed by atoms with E-state index in [1.54, 1.807) is 0 Å². The zero-order chi connectivity index (χ0) is 12.2. The Hall–Kier alpha value is -0.500. The van der Waals surface area contributed by atoms with Crippen LogP contribution in [0.1, 0.15) is 6.42 Å². The van der Waals surface area contributed by atoms with Crippen molar-refractivity contribution in [3.63, 3.8) is 0 Å². The molecule has 1 atom stereocenters. The number of carbonyl (C=O) groups is 1. The summed E-state index contributed by atoms with van der Waals surface area (Å²) in [6, 6.07) is -0.580. The van der Waals surface area contributed by atoms with Crippen LogP contribution in [-0.4, -0.2) is 69.6 Å². The molecule has 0 bridgehead atoms. The van der Waals surface area contributed by atoms with E-state index in [0.29, 0.717) is 32.6 Å². The van der Waals surface area contributed by atoms with Gasteiger partial charge < -0.3 is 25.7 Å². The first-order valence-corrected chi connectivity index (χ1v) is 6.91. The average Bonchev–Trinajstić information content (AvgIpc) is 2.16. The molecule has 0 aliphatic carbocycles. The van der Waals surface area contributed by atoms with Crippen LogP contribution in [-0.2, 0) is 9.36 Å². The quantitative estimate of drug-likeness (QED) is 0.427. The topological polar surface area (TPSA) is 142 Å². The maximum Gasteiger partial charge on any atom is 0.325 e. The van der Waals surface area contributed by atoms with Crippen molar-refractivity contribution in [2.24, 2.45) is 0 Å². The van der Waals surface area contributed by atoms with E-state index in [1.165, 1.54) is 0 Å². The summed E-state index contributed by atoms with van der Waals surface area (Å²) in [4.78, 5) is 30.0. The van der Waals surface area contributed by atoms with E-state index in [2.05, 4.69) is 5.32 Å². The smallest absolute Gasteiger partial charge is 0.325 e. The third kappa shape index (κ3) is 6.72. The fraction of sp³-hybridized carbons (Fsp3) is 0.875. The largest absolute Gasteiger partial charge is 0.480 e. The van der Waals surface area contributed by atoms with E-state index in [4.69, 9.17) is 14.9 Å². The van der Waals surface area contributed by atoms with E-state index < -0.39 is 19.6 Å². The second-order valence-electron chi connectivity index (χ2n) is 3.89. The Kier molecular flexibility index (Phi) is 6.84. The standard InChI is InChI=1S/C8H17N2O5P.H2O/c11-8(12)7-6-10(4-2-9-7)3-1-5-16(13,14)15;/h7,9H,1-6H2,(H,11,12)(H2,13,14,15);1H2. The molecule has 8 nitrogen and oxygen atoms in total. The molecule has 102 valence electrons. The van der Waals surface area contributed by atoms with Crippen LogP contribution in [0.2, 0.25) is 0 Å². The van der Waals surface area contributed by atoms with Gasteiger partial charge in [-0.2, -0.15) is 0 Å². The minimum atomic E-state index is -3.93. The van der Waals surface area contributed by atoms with E-state index >= 15 is 0 Å². The molecule has 0 spiro atoms. The van der Waals surface area contributed by atoms with Crippen molar-refractivity contribution in [3.8, 4) is 0 Å². The predicted octanol–water partition coefficient (Wildman–Crippen LogP) is -1.91. The van der Waals surface area contributed by atoms with Crippen LogP contribution < -0.4 is 5.32 Å². The highest BCUT2D eigenvalue weighted by Gasteiger charge is 2.24. The fourth-order valence-corrected chi connectivity index (χ4v) is 2.23. The number of rotatable bonds is 5. The van der Waals surface area contributed by atoms with Gasteiger partial charge in [0.15, 0.2) is 0 Å². The highest BCUT2D eigenvalue weighted by molar-refractivity contribution is 7.51. The molecule has 0 amide bonds. The van der Waals surface area contributed by atoms with Gasteiger partial charge >= 0.3 is 13.6 Å². The molecule has 0 aromatic carbocycles. The SMILES string of the molecule is O.O=C(O)C1CN(CCCP(=O)(O)O)CCN1. The lowest BCUT2D eigenvalue weighted by molar-refractivity contribution is -0.140. The van der Waals surface area contributed by atoms with Gasteiger partial charge in [-0.15, -0.1) is 0 Å². The Morgan fingerprint density at radius 1 is 1.47 bits per heavy atom. The van der Waals surface area contributed by atoms with Gasteiger partial charge in [0.05, 0.1) is 6.16 Å². The second kappa shape index (κ2) is 7.05. The number of hydrogen-bond acceptors (Lipinski definition) is 4. The molecule has 17 heavy (non-hydrogen) atoms. The summed E-state index contributed by atoms with van der Waals surface area (Å²) >= 11 is 0. The zero-order valence-corrected chi connectivity index (χ0v) is 10.3. The number of nitrogens with one attached hydrogen (secondary N) is 1. The molecule has 1 heterocycles. The van der Waals surface area contributed by atoms with Crippen molar-refractivity contribution >= 4 is 13.6 Å². The van der Waals surface area contributed by atoms with Crippen molar-refractivity contribution in [2.75, 3.05) is 32.3 Å². The molecule has 6 N–H and O–H groups in total. The number of aliphatic carboxylic acids is 1. The normalized spacial score (nSPS) is 21.9. The van der Waals surface area contributed by atoms with Gasteiger partial charge in [-0.25, -0.2) is 0 Å². The molecule has 0 aromatic heterocycles. The van der Waals surface area contributed by atoms with Crippen molar-refractivity contribution in [2.45, 2.75) is 12.5 Å². The van der Waals surface area contributed by atoms with Gasteiger partial charge in [-0.1, -0.05) is 0 Å². The number of carboxylic acid groups (broad SMARTS) is 1. The molecule has 1 fully saturated rings. The molecule has 1 rings (SSSR count). The van der Waals surface area contributed by atoms with Crippen molar-refractivity contribution in [1.82, 2.24) is 10.2 Å². The van der Waals surface area contributed by atoms with E-state index in [1.807, 2.05) is 4.90 Å². The summed E-state index contributed by atoms with van der Waals surface area (Å²) in [5.41, 5.74) is 0. The predicted molar refractivity (Wildman–Crippen MR) is 61.0 cm³/mol. The monoisotopic (exact) mass is 270 g/mol. The summed E-state index contributed by atoms with van der Waals surface area (Å²) in [6.07, 6.45) is 0.241. The molecule has 0 radical (unpaired) electrons. The van der Waals surface area contributed by atoms with Crippen molar-refractivity contribution in [3.05, 3.63) is 0 Å². The van der Waals surface area contributed by atoms with E-state index in [9.17, 15) is 9.36 Å². The van der Waals surface area contributed by atoms with Gasteiger partial charge in [-0.3, -0.25) is 14.3 Å². The lowest BCUT2D eigenvalue weighted by atomic mass is 10.2. The van der Waals surface area contributed by atoms with Gasteiger partial charge in [0.2, 0.25) is 0 Å². The summed E-state index contributed by atoms with van der Waals surface area (Å²) < 4.78 is 10.6. The first-order valence-electron chi connectivity index (χ1n) is 5.11. The van der Waals surface area contributed by atoms with Crippen LogP contribution in [0.3, 0.4) is 0 Å². The Bertz CT molecular complexity index is 294. The molecule has 9 heteroatoms. The summed E-state index contributed by atoms with van der Waals surface area (Å²) in [5.74, 6) is -0.889. The van der Waals surface area contributed by atoms with Gasteiger partial charge in [0.1, 0.15) is 6.04 Å². The maximum absolute atomic E-state index is 10.7. The average molecular weight is 270 g/mol. The van der Waals surface area contributed by atoms with Gasteiger partial charge in [0, 0.05) is 19.6 Å². The second-order valence-corrected chi connectivity index (χ2v) is 5.66. The molecule has 1 aliphatic rings. The Labute approximate surface area is 99.1 Å². The van der Waals surface area contributed by atoms with Crippen LogP contribution in [0.5, 0.6) is 0 Å². The molecular formula is C8H19N2O6P. The molecule has 1 saturated heterocycles. The minimum absolute atomic E-state index is 0. The molecule has 1 unspecified atom stereocenters. The maximum atomic E-state index is 10.7. The number of hydrogen-bond donors (Lipinski definition) is 4. The Morgan fingerprint density at radius 2 is 2.12 bits per heavy atom. The van der Waals surface area contributed by atoms with Crippen LogP contribution in [0.15, 0.2) is 0 Å². The first-order chi connectivity index (χ1) is 7.38. The number of carboxylic acids is 1. The van der Waals surface area contributed by atoms with Crippen LogP contribution in [0.4, 0.5) is 0 Å². The summed E-state index contributed by atoms with van der Waals surface area (Å²) in [5, 5.41) is 11.7. The van der Waals surface area contributed by atoms with Gasteiger partial charge in [-0.05, 0) is 13.0 Å². The molecule has 1 aliphatic heterocycles. The Balaban J connectivity index is 0.00000256. The third-order valence-corrected chi connectivity index (χ3v) is 3.38. The highest BCUT2D eigenvalue weighted by atomic mass is 31.2. The Morgan fingerprint density at radius 3 is 2.65 bits per heavy atom. The van der Waals surface area contributed by atoms with Crippen LogP contribution in [0, 0.1) is 0 Å². The van der Waals surface area contributed by atoms with E-state index in [0.717, 1.165) is 0 Å². The molecular weight excluding hydrogens is 251 g/mol. The highest BCUT2D eigenvalue weighted by Crippen LogP contribution is 2.34. The van der Waals surface area contributed by atoms with Crippen LogP contribution in [0.25, 0.3) is 0 Å². The first kappa shape index (κ1) is 16.5. The minimum Gasteiger partial charge on any atom is -0.480 e. The van der Waals surface area contributed by atoms with Crippen molar-refractivity contribution in [1.29, 1.82) is 0 Å². The lowest BCUT2D eigenvalue weighted by Crippen LogP contribution is -2.54. The summed E-state index contributed by atoms with van der Waals surface area (Å²) in [6.45, 7) is 2.21. The number of piperazine rings is 1. The van der Waals surface area contributed by atoms with Crippen molar-refractivity contribution < 1.29 is 29.7 Å². The molecule has 0 saturated carbocycles. The summed E-state index contributed by atoms with van der Waals surface area (Å²) in [7, 11) is -3.93. The lowest BCUT2D eigenvalue weighted by Gasteiger charge is -2.31. The zero-order valence-electron chi connectivity index (χ0n) is 9.37. The fourth-order valence-electron chi connectivity index (χ4n) is 1.68.